The van der Waals surface area contributed by atoms with E-state index in [4.69, 9.17) is 11.5 Å². The highest BCUT2D eigenvalue weighted by molar-refractivity contribution is 5.91. The predicted molar refractivity (Wildman–Crippen MR) is 79.4 cm³/mol. The first kappa shape index (κ1) is 18.0. The number of nitrogens with zero attached hydrogens (tertiary/aromatic N) is 1. The van der Waals surface area contributed by atoms with Crippen molar-refractivity contribution in [2.45, 2.75) is 6.92 Å². The third-order valence-electron chi connectivity index (χ3n) is 2.47. The molecule has 0 aliphatic rings. The van der Waals surface area contributed by atoms with Crippen LogP contribution in [0, 0.1) is 5.92 Å². The van der Waals surface area contributed by atoms with Gasteiger partial charge in [-0.2, -0.15) is 0 Å². The van der Waals surface area contributed by atoms with E-state index >= 15 is 0 Å². The minimum absolute atomic E-state index is 0.289. The lowest BCUT2D eigenvalue weighted by Gasteiger charge is -2.06. The lowest BCUT2D eigenvalue weighted by Crippen LogP contribution is -2.34. The molecule has 0 rings (SSSR count). The quantitative estimate of drug-likeness (QED) is 0.195. The maximum Gasteiger partial charge on any atom is 0.225 e. The number of amides is 1. The summed E-state index contributed by atoms with van der Waals surface area (Å²) in [6.07, 6.45) is 1.60. The van der Waals surface area contributed by atoms with Crippen LogP contribution in [0.2, 0.25) is 0 Å². The highest BCUT2D eigenvalue weighted by Crippen LogP contribution is 1.86. The van der Waals surface area contributed by atoms with E-state index in [1.165, 1.54) is 0 Å². The van der Waals surface area contributed by atoms with Gasteiger partial charge in [-0.1, -0.05) is 0 Å². The molecule has 0 saturated carbocycles. The van der Waals surface area contributed by atoms with Crippen LogP contribution >= 0.6 is 0 Å². The van der Waals surface area contributed by atoms with Crippen molar-refractivity contribution in [2.24, 2.45) is 22.4 Å². The van der Waals surface area contributed by atoms with Crippen molar-refractivity contribution in [2.75, 3.05) is 52.4 Å². The molecule has 0 radical (unpaired) electrons. The van der Waals surface area contributed by atoms with Crippen molar-refractivity contribution < 1.29 is 4.79 Å². The number of carbonyl (C=O) groups is 1. The van der Waals surface area contributed by atoms with Crippen LogP contribution in [0.15, 0.2) is 4.99 Å². The van der Waals surface area contributed by atoms with Crippen LogP contribution in [0.4, 0.5) is 0 Å². The Bertz CT molecular complexity index is 246. The van der Waals surface area contributed by atoms with E-state index in [2.05, 4.69) is 20.9 Å². The Morgan fingerprint density at radius 1 is 1.11 bits per heavy atom. The summed E-state index contributed by atoms with van der Waals surface area (Å²) in [7, 11) is 0. The molecule has 0 saturated heterocycles. The monoisotopic (exact) mass is 272 g/mol. The Kier molecular flexibility index (Phi) is 12.7. The first-order valence-corrected chi connectivity index (χ1v) is 6.80. The number of rotatable bonds is 13. The fourth-order valence-corrected chi connectivity index (χ4v) is 1.28. The van der Waals surface area contributed by atoms with E-state index < -0.39 is 0 Å². The molecule has 0 heterocycles. The highest BCUT2D eigenvalue weighted by Gasteiger charge is 2.02. The lowest BCUT2D eigenvalue weighted by atomic mass is 10.2. The summed E-state index contributed by atoms with van der Waals surface area (Å²) in [6, 6.07) is 0. The lowest BCUT2D eigenvalue weighted by molar-refractivity contribution is -0.119. The molecule has 0 aliphatic heterocycles. The average Bonchev–Trinajstić information content (AvgIpc) is 2.39. The number of carbonyl (C=O) groups excluding carboxylic acids is 1. The van der Waals surface area contributed by atoms with Crippen LogP contribution in [0.1, 0.15) is 6.92 Å². The zero-order valence-corrected chi connectivity index (χ0v) is 11.8. The summed E-state index contributed by atoms with van der Waals surface area (Å²) in [6.45, 7) is 8.44. The number of hydrogen-bond donors (Lipinski definition) is 5. The molecule has 112 valence electrons. The van der Waals surface area contributed by atoms with Gasteiger partial charge < -0.3 is 27.4 Å². The third kappa shape index (κ3) is 13.2. The zero-order chi connectivity index (χ0) is 14.3. The molecule has 0 spiro atoms. The van der Waals surface area contributed by atoms with Crippen molar-refractivity contribution in [1.29, 1.82) is 0 Å². The molecule has 0 aromatic rings. The van der Waals surface area contributed by atoms with Gasteiger partial charge in [-0.15, -0.1) is 0 Å². The van der Waals surface area contributed by atoms with Gasteiger partial charge in [0.2, 0.25) is 5.91 Å². The van der Waals surface area contributed by atoms with Crippen molar-refractivity contribution in [3.8, 4) is 0 Å². The van der Waals surface area contributed by atoms with Gasteiger partial charge in [0.15, 0.2) is 0 Å². The van der Waals surface area contributed by atoms with Crippen molar-refractivity contribution in [1.82, 2.24) is 16.0 Å². The maximum atomic E-state index is 10.7. The number of hydrogen-bond acceptors (Lipinski definition) is 6. The van der Waals surface area contributed by atoms with Gasteiger partial charge in [-0.25, -0.2) is 0 Å². The third-order valence-corrected chi connectivity index (χ3v) is 2.47. The Morgan fingerprint density at radius 2 is 1.63 bits per heavy atom. The van der Waals surface area contributed by atoms with Gasteiger partial charge in [0.25, 0.3) is 0 Å². The van der Waals surface area contributed by atoms with E-state index in [9.17, 15) is 4.79 Å². The number of nitrogens with one attached hydrogen (secondary N) is 3. The molecule has 0 aromatic heterocycles. The largest absolute Gasteiger partial charge is 0.369 e. The molecule has 0 aromatic carbocycles. The minimum atomic E-state index is -0.343. The molecule has 1 amide bonds. The van der Waals surface area contributed by atoms with Gasteiger partial charge in [-0.3, -0.25) is 9.79 Å². The van der Waals surface area contributed by atoms with E-state index in [0.717, 1.165) is 39.3 Å². The summed E-state index contributed by atoms with van der Waals surface area (Å²) < 4.78 is 0. The van der Waals surface area contributed by atoms with E-state index in [1.54, 1.807) is 13.1 Å². The molecule has 19 heavy (non-hydrogen) atoms. The number of nitrogens with two attached hydrogens (primary N) is 2. The van der Waals surface area contributed by atoms with Crippen LogP contribution in [-0.2, 0) is 4.79 Å². The Hall–Kier alpha value is -1.02. The number of aliphatic imine (C=N–C) groups is 1. The average molecular weight is 272 g/mol. The van der Waals surface area contributed by atoms with Gasteiger partial charge in [0, 0.05) is 52.0 Å². The fourth-order valence-electron chi connectivity index (χ4n) is 1.28. The van der Waals surface area contributed by atoms with Crippen LogP contribution in [0.5, 0.6) is 0 Å². The van der Waals surface area contributed by atoms with Crippen LogP contribution in [-0.4, -0.2) is 64.5 Å². The Balaban J connectivity index is 3.17. The second-order valence-electron chi connectivity index (χ2n) is 4.28. The summed E-state index contributed by atoms with van der Waals surface area (Å²) >= 11 is 0. The first-order valence-electron chi connectivity index (χ1n) is 6.80. The molecule has 0 bridgehead atoms. The normalized spacial score (nSPS) is 12.9. The smallest absolute Gasteiger partial charge is 0.225 e. The summed E-state index contributed by atoms with van der Waals surface area (Å²) in [5.41, 5.74) is 10.5. The highest BCUT2D eigenvalue weighted by atomic mass is 16.1. The van der Waals surface area contributed by atoms with Gasteiger partial charge in [-0.05, 0) is 6.92 Å². The summed E-state index contributed by atoms with van der Waals surface area (Å²) in [5, 5.41) is 9.77. The van der Waals surface area contributed by atoms with Gasteiger partial charge in [0.1, 0.15) is 0 Å². The zero-order valence-electron chi connectivity index (χ0n) is 11.8. The molecule has 1 unspecified atom stereocenters. The Labute approximate surface area is 115 Å². The van der Waals surface area contributed by atoms with E-state index in [0.29, 0.717) is 13.1 Å². The molecule has 1 atom stereocenters. The maximum absolute atomic E-state index is 10.7. The predicted octanol–water partition coefficient (Wildman–Crippen LogP) is -2.09. The van der Waals surface area contributed by atoms with E-state index in [1.807, 2.05) is 0 Å². The topological polar surface area (TPSA) is 118 Å². The minimum Gasteiger partial charge on any atom is -0.369 e. The van der Waals surface area contributed by atoms with Crippen molar-refractivity contribution in [3.63, 3.8) is 0 Å². The molecule has 7 nitrogen and oxygen atoms in total. The second kappa shape index (κ2) is 13.4. The first-order chi connectivity index (χ1) is 9.18. The van der Waals surface area contributed by atoms with Crippen molar-refractivity contribution in [3.05, 3.63) is 0 Å². The molecule has 7 N–H and O–H groups in total. The summed E-state index contributed by atoms with van der Waals surface area (Å²) in [4.78, 5) is 14.9. The van der Waals surface area contributed by atoms with Gasteiger partial charge >= 0.3 is 0 Å². The molecule has 7 heteroatoms. The molecular weight excluding hydrogens is 244 g/mol. The standard InChI is InChI=1S/C12H28N6O/c1-11(12(14)19)10-18-9-8-17-7-6-16-5-4-15-3-2-13/h10-11,15-17H,2-9,13H2,1H3,(H2,14,19). The van der Waals surface area contributed by atoms with Crippen LogP contribution in [0.25, 0.3) is 0 Å². The SMILES string of the molecule is CC(C=NCCNCCNCCNCCN)C(N)=O. The Morgan fingerprint density at radius 3 is 2.16 bits per heavy atom. The summed E-state index contributed by atoms with van der Waals surface area (Å²) in [5.74, 6) is -0.633. The van der Waals surface area contributed by atoms with Gasteiger partial charge in [0.05, 0.1) is 12.5 Å². The molecule has 0 fully saturated rings. The molecule has 0 aliphatic carbocycles. The van der Waals surface area contributed by atoms with Crippen molar-refractivity contribution >= 4 is 12.1 Å². The van der Waals surface area contributed by atoms with Crippen LogP contribution in [0.3, 0.4) is 0 Å². The number of primary amides is 1. The van der Waals surface area contributed by atoms with E-state index in [-0.39, 0.29) is 11.8 Å². The van der Waals surface area contributed by atoms with Crippen LogP contribution < -0.4 is 27.4 Å². The second-order valence-corrected chi connectivity index (χ2v) is 4.28. The fraction of sp³-hybridized carbons (Fsp3) is 0.833. The molecular formula is C12H28N6O.